The average molecular weight is 437 g/mol. The van der Waals surface area contributed by atoms with Gasteiger partial charge in [-0.2, -0.15) is 4.99 Å². The maximum Gasteiger partial charge on any atom is 0.326 e. The third-order valence-electron chi connectivity index (χ3n) is 3.98. The van der Waals surface area contributed by atoms with Crippen LogP contribution in [0.15, 0.2) is 47.5 Å². The molecule has 3 aromatic rings. The van der Waals surface area contributed by atoms with Crippen LogP contribution < -0.4 is 4.80 Å². The Morgan fingerprint density at radius 2 is 1.93 bits per heavy atom. The van der Waals surface area contributed by atoms with Crippen LogP contribution in [0.3, 0.4) is 0 Å². The topological polar surface area (TPSA) is 60.7 Å². The molecule has 0 saturated heterocycles. The van der Waals surface area contributed by atoms with E-state index in [1.807, 2.05) is 30.3 Å². The number of amides is 1. The first-order valence-electron chi connectivity index (χ1n) is 8.73. The molecule has 3 rings (SSSR count). The van der Waals surface area contributed by atoms with Gasteiger partial charge in [0, 0.05) is 11.4 Å². The minimum atomic E-state index is -0.425. The smallest absolute Gasteiger partial charge is 0.326 e. The maximum absolute atomic E-state index is 12.4. The molecule has 0 saturated carbocycles. The van der Waals surface area contributed by atoms with E-state index in [0.29, 0.717) is 26.8 Å². The van der Waals surface area contributed by atoms with Crippen LogP contribution in [0, 0.1) is 0 Å². The quantitative estimate of drug-likeness (QED) is 0.529. The first-order chi connectivity index (χ1) is 13.5. The Bertz CT molecular complexity index is 1070. The van der Waals surface area contributed by atoms with Gasteiger partial charge in [-0.05, 0) is 31.0 Å². The second kappa shape index (κ2) is 9.37. The third-order valence-corrected chi connectivity index (χ3v) is 5.51. The summed E-state index contributed by atoms with van der Waals surface area (Å²) in [5, 5.41) is 0.866. The highest BCUT2D eigenvalue weighted by atomic mass is 35.5. The summed E-state index contributed by atoms with van der Waals surface area (Å²) in [6.45, 7) is 1.92. The van der Waals surface area contributed by atoms with Gasteiger partial charge in [0.05, 0.1) is 21.8 Å². The van der Waals surface area contributed by atoms with E-state index < -0.39 is 5.97 Å². The number of thiazole rings is 1. The van der Waals surface area contributed by atoms with E-state index in [1.54, 1.807) is 23.6 Å². The molecular weight excluding hydrogens is 419 g/mol. The molecule has 1 amide bonds. The van der Waals surface area contributed by atoms with E-state index in [2.05, 4.69) is 4.99 Å². The van der Waals surface area contributed by atoms with Crippen LogP contribution in [0.25, 0.3) is 10.2 Å². The molecule has 0 spiro atoms. The molecule has 8 heteroatoms. The Balaban J connectivity index is 1.96. The second-order valence-electron chi connectivity index (χ2n) is 6.00. The minimum Gasteiger partial charge on any atom is -0.465 e. The lowest BCUT2D eigenvalue weighted by atomic mass is 10.1. The zero-order valence-corrected chi connectivity index (χ0v) is 17.5. The molecule has 0 unspecified atom stereocenters. The number of esters is 1. The van der Waals surface area contributed by atoms with Gasteiger partial charge in [-0.25, -0.2) is 0 Å². The normalized spacial score (nSPS) is 11.8. The Labute approximate surface area is 176 Å². The van der Waals surface area contributed by atoms with Gasteiger partial charge in [-0.15, -0.1) is 0 Å². The number of ether oxygens (including phenoxy) is 1. The first-order valence-corrected chi connectivity index (χ1v) is 10.3. The number of halogens is 2. The fourth-order valence-electron chi connectivity index (χ4n) is 2.76. The molecule has 146 valence electrons. The van der Waals surface area contributed by atoms with E-state index in [4.69, 9.17) is 27.9 Å². The molecule has 0 atom stereocenters. The third kappa shape index (κ3) is 5.01. The van der Waals surface area contributed by atoms with Crippen LogP contribution >= 0.6 is 34.5 Å². The summed E-state index contributed by atoms with van der Waals surface area (Å²) in [7, 11) is 0. The summed E-state index contributed by atoms with van der Waals surface area (Å²) in [6, 6.07) is 13.1. The van der Waals surface area contributed by atoms with Gasteiger partial charge in [0.2, 0.25) is 5.91 Å². The largest absolute Gasteiger partial charge is 0.465 e. The number of hydrogen-bond acceptors (Lipinski definition) is 4. The van der Waals surface area contributed by atoms with Gasteiger partial charge in [0.1, 0.15) is 6.54 Å². The van der Waals surface area contributed by atoms with E-state index in [1.165, 1.54) is 11.3 Å². The molecule has 1 aromatic heterocycles. The maximum atomic E-state index is 12.4. The second-order valence-corrected chi connectivity index (χ2v) is 7.85. The number of hydrogen-bond donors (Lipinski definition) is 0. The molecule has 0 radical (unpaired) electrons. The number of carbonyl (C=O) groups is 2. The highest BCUT2D eigenvalue weighted by Crippen LogP contribution is 2.29. The van der Waals surface area contributed by atoms with E-state index in [-0.39, 0.29) is 25.5 Å². The first kappa shape index (κ1) is 20.6. The number of fused-ring (bicyclic) bond motifs is 1. The number of aryl methyl sites for hydroxylation is 1. The summed E-state index contributed by atoms with van der Waals surface area (Å²) in [4.78, 5) is 29.1. The molecule has 0 fully saturated rings. The van der Waals surface area contributed by atoms with Gasteiger partial charge >= 0.3 is 5.97 Å². The van der Waals surface area contributed by atoms with Crippen molar-refractivity contribution in [3.63, 3.8) is 0 Å². The Morgan fingerprint density at radius 1 is 1.18 bits per heavy atom. The zero-order valence-electron chi connectivity index (χ0n) is 15.2. The summed E-state index contributed by atoms with van der Waals surface area (Å²) < 4.78 is 7.40. The van der Waals surface area contributed by atoms with E-state index >= 15 is 0 Å². The molecule has 1 heterocycles. The highest BCUT2D eigenvalue weighted by molar-refractivity contribution is 7.16. The van der Waals surface area contributed by atoms with Crippen LogP contribution in [-0.4, -0.2) is 23.1 Å². The molecule has 0 aliphatic rings. The number of benzene rings is 2. The zero-order chi connectivity index (χ0) is 20.1. The van der Waals surface area contributed by atoms with Crippen LogP contribution in [0.5, 0.6) is 0 Å². The standard InChI is InChI=1S/C20H18Cl2N2O3S/c1-2-27-18(26)12-24-19-15(22)10-14(21)11-16(19)28-20(24)23-17(25)9-8-13-6-4-3-5-7-13/h3-7,10-11H,2,8-9,12H2,1H3. The van der Waals surface area contributed by atoms with Gasteiger partial charge in [0.15, 0.2) is 4.80 Å². The summed E-state index contributed by atoms with van der Waals surface area (Å²) >= 11 is 13.7. The number of carbonyl (C=O) groups excluding carboxylic acids is 2. The SMILES string of the molecule is CCOC(=O)Cn1c(=NC(=O)CCc2ccccc2)sc2cc(Cl)cc(Cl)c21. The summed E-state index contributed by atoms with van der Waals surface area (Å²) in [5.41, 5.74) is 1.68. The summed E-state index contributed by atoms with van der Waals surface area (Å²) in [5.74, 6) is -0.693. The molecule has 5 nitrogen and oxygen atoms in total. The van der Waals surface area contributed by atoms with Crippen LogP contribution in [-0.2, 0) is 27.3 Å². The van der Waals surface area contributed by atoms with E-state index in [9.17, 15) is 9.59 Å². The van der Waals surface area contributed by atoms with Crippen molar-refractivity contribution < 1.29 is 14.3 Å². The molecule has 2 aromatic carbocycles. The van der Waals surface area contributed by atoms with Crippen molar-refractivity contribution in [2.45, 2.75) is 26.3 Å². The van der Waals surface area contributed by atoms with Crippen molar-refractivity contribution in [1.82, 2.24) is 4.57 Å². The average Bonchev–Trinajstić information content (AvgIpc) is 2.98. The number of nitrogens with zero attached hydrogens (tertiary/aromatic N) is 2. The lowest BCUT2D eigenvalue weighted by Crippen LogP contribution is -2.23. The van der Waals surface area contributed by atoms with Crippen LogP contribution in [0.2, 0.25) is 10.0 Å². The Hall–Kier alpha value is -2.15. The molecule has 28 heavy (non-hydrogen) atoms. The van der Waals surface area contributed by atoms with Gasteiger partial charge in [0.25, 0.3) is 0 Å². The molecule has 0 bridgehead atoms. The predicted octanol–water partition coefficient (Wildman–Crippen LogP) is 4.63. The Morgan fingerprint density at radius 3 is 2.64 bits per heavy atom. The van der Waals surface area contributed by atoms with Crippen molar-refractivity contribution >= 4 is 56.6 Å². The molecule has 0 aliphatic carbocycles. The summed E-state index contributed by atoms with van der Waals surface area (Å²) in [6.07, 6.45) is 0.866. The van der Waals surface area contributed by atoms with E-state index in [0.717, 1.165) is 10.3 Å². The van der Waals surface area contributed by atoms with Crippen molar-refractivity contribution in [1.29, 1.82) is 0 Å². The van der Waals surface area contributed by atoms with Crippen LogP contribution in [0.4, 0.5) is 0 Å². The predicted molar refractivity (Wildman–Crippen MR) is 112 cm³/mol. The van der Waals surface area contributed by atoms with Gasteiger partial charge in [-0.1, -0.05) is 64.9 Å². The van der Waals surface area contributed by atoms with Crippen LogP contribution in [0.1, 0.15) is 18.9 Å². The van der Waals surface area contributed by atoms with Gasteiger partial charge in [-0.3, -0.25) is 9.59 Å². The van der Waals surface area contributed by atoms with Gasteiger partial charge < -0.3 is 9.30 Å². The molecular formula is C20H18Cl2N2O3S. The fourth-order valence-corrected chi connectivity index (χ4v) is 4.58. The van der Waals surface area contributed by atoms with Crippen molar-refractivity contribution in [2.75, 3.05) is 6.61 Å². The lowest BCUT2D eigenvalue weighted by molar-refractivity contribution is -0.143. The van der Waals surface area contributed by atoms with Crippen molar-refractivity contribution in [3.8, 4) is 0 Å². The minimum absolute atomic E-state index is 0.0833. The molecule has 0 N–H and O–H groups in total. The molecule has 0 aliphatic heterocycles. The fraction of sp³-hybridized carbons (Fsp3) is 0.250. The highest BCUT2D eigenvalue weighted by Gasteiger charge is 2.15. The monoisotopic (exact) mass is 436 g/mol. The lowest BCUT2D eigenvalue weighted by Gasteiger charge is -2.06. The van der Waals surface area contributed by atoms with Crippen molar-refractivity contribution in [2.24, 2.45) is 4.99 Å². The van der Waals surface area contributed by atoms with Crippen molar-refractivity contribution in [3.05, 3.63) is 62.9 Å². The Kier molecular flexibility index (Phi) is 6.88. The number of rotatable bonds is 6. The number of aromatic nitrogens is 1.